The van der Waals surface area contributed by atoms with Gasteiger partial charge in [-0.3, -0.25) is 9.10 Å². The number of amides is 1. The third-order valence-corrected chi connectivity index (χ3v) is 5.56. The van der Waals surface area contributed by atoms with Crippen LogP contribution < -0.4 is 9.62 Å². The second-order valence-electron chi connectivity index (χ2n) is 6.86. The van der Waals surface area contributed by atoms with E-state index in [0.29, 0.717) is 5.69 Å². The van der Waals surface area contributed by atoms with Crippen LogP contribution >= 0.6 is 0 Å². The number of para-hydroxylation sites is 1. The van der Waals surface area contributed by atoms with Crippen LogP contribution in [-0.2, 0) is 19.6 Å². The Morgan fingerprint density at radius 1 is 1.10 bits per heavy atom. The number of esters is 1. The monoisotopic (exact) mass is 418 g/mol. The first-order valence-corrected chi connectivity index (χ1v) is 11.0. The van der Waals surface area contributed by atoms with E-state index in [-0.39, 0.29) is 17.7 Å². The van der Waals surface area contributed by atoms with Gasteiger partial charge in [-0.25, -0.2) is 13.2 Å². The third kappa shape index (κ3) is 5.35. The predicted molar refractivity (Wildman–Crippen MR) is 114 cm³/mol. The molecule has 2 aromatic rings. The van der Waals surface area contributed by atoms with Crippen molar-refractivity contribution < 1.29 is 22.7 Å². The van der Waals surface area contributed by atoms with E-state index in [1.54, 1.807) is 37.3 Å². The minimum absolute atomic E-state index is 0.190. The van der Waals surface area contributed by atoms with E-state index in [1.807, 2.05) is 19.9 Å². The fourth-order valence-corrected chi connectivity index (χ4v) is 4.43. The molecule has 8 heteroatoms. The molecule has 0 aliphatic rings. The Morgan fingerprint density at radius 3 is 2.21 bits per heavy atom. The van der Waals surface area contributed by atoms with Gasteiger partial charge >= 0.3 is 5.97 Å². The summed E-state index contributed by atoms with van der Waals surface area (Å²) in [6, 6.07) is 10.8. The van der Waals surface area contributed by atoms with E-state index < -0.39 is 27.9 Å². The van der Waals surface area contributed by atoms with Gasteiger partial charge in [0.2, 0.25) is 15.9 Å². The number of carbonyl (C=O) groups is 2. The summed E-state index contributed by atoms with van der Waals surface area (Å²) in [6.45, 7) is 5.46. The van der Waals surface area contributed by atoms with Gasteiger partial charge in [-0.2, -0.15) is 0 Å². The molecule has 1 amide bonds. The summed E-state index contributed by atoms with van der Waals surface area (Å²) < 4.78 is 31.1. The number of nitrogens with zero attached hydrogens (tertiary/aromatic N) is 1. The summed E-state index contributed by atoms with van der Waals surface area (Å²) in [7, 11) is -2.50. The molecule has 0 fully saturated rings. The molecule has 1 N–H and O–H groups in total. The molecule has 2 aromatic carbocycles. The number of hydrogen-bond acceptors (Lipinski definition) is 5. The molecule has 0 radical (unpaired) electrons. The fourth-order valence-electron chi connectivity index (χ4n) is 3.23. The first-order chi connectivity index (χ1) is 13.6. The number of aryl methyl sites for hydroxylation is 2. The number of ether oxygens (including phenoxy) is 1. The lowest BCUT2D eigenvalue weighted by atomic mass is 10.1. The Morgan fingerprint density at radius 2 is 1.69 bits per heavy atom. The SMILES string of the molecule is CC[C@H](C(=O)Nc1ccccc1C(=O)OC)N(c1cc(C)cc(C)c1)S(C)(=O)=O. The average molecular weight is 419 g/mol. The summed E-state index contributed by atoms with van der Waals surface area (Å²) in [5.74, 6) is -1.13. The predicted octanol–water partition coefficient (Wildman–Crippen LogP) is 3.27. The van der Waals surface area contributed by atoms with E-state index in [9.17, 15) is 18.0 Å². The third-order valence-electron chi connectivity index (χ3n) is 4.38. The molecule has 0 saturated carbocycles. The van der Waals surface area contributed by atoms with E-state index in [4.69, 9.17) is 4.74 Å². The second kappa shape index (κ2) is 9.09. The maximum absolute atomic E-state index is 13.1. The Kier molecular flexibility index (Phi) is 7.02. The molecule has 1 atom stereocenters. The van der Waals surface area contributed by atoms with Gasteiger partial charge < -0.3 is 10.1 Å². The van der Waals surface area contributed by atoms with Gasteiger partial charge in [-0.15, -0.1) is 0 Å². The lowest BCUT2D eigenvalue weighted by molar-refractivity contribution is -0.117. The van der Waals surface area contributed by atoms with Gasteiger partial charge in [-0.1, -0.05) is 25.1 Å². The van der Waals surface area contributed by atoms with Crippen LogP contribution in [0.3, 0.4) is 0 Å². The molecule has 0 aliphatic heterocycles. The van der Waals surface area contributed by atoms with Crippen LogP contribution in [0.5, 0.6) is 0 Å². The van der Waals surface area contributed by atoms with Crippen molar-refractivity contribution >= 4 is 33.3 Å². The van der Waals surface area contributed by atoms with Crippen LogP contribution in [0, 0.1) is 13.8 Å². The summed E-state index contributed by atoms with van der Waals surface area (Å²) in [5.41, 5.74) is 2.65. The molecule has 7 nitrogen and oxygen atoms in total. The second-order valence-corrected chi connectivity index (χ2v) is 8.71. The molecule has 156 valence electrons. The van der Waals surface area contributed by atoms with Crippen molar-refractivity contribution in [2.24, 2.45) is 0 Å². The first kappa shape index (κ1) is 22.4. The Labute approximate surface area is 171 Å². The lowest BCUT2D eigenvalue weighted by Gasteiger charge is -2.30. The van der Waals surface area contributed by atoms with Gasteiger partial charge in [0.25, 0.3) is 0 Å². The fraction of sp³-hybridized carbons (Fsp3) is 0.333. The maximum atomic E-state index is 13.1. The van der Waals surface area contributed by atoms with Crippen molar-refractivity contribution in [2.75, 3.05) is 23.0 Å². The number of benzene rings is 2. The molecule has 2 rings (SSSR count). The zero-order valence-electron chi connectivity index (χ0n) is 17.2. The highest BCUT2D eigenvalue weighted by Crippen LogP contribution is 2.26. The Hall–Kier alpha value is -2.87. The smallest absolute Gasteiger partial charge is 0.339 e. The molecule has 0 bridgehead atoms. The summed E-state index contributed by atoms with van der Waals surface area (Å²) in [5, 5.41) is 2.68. The molecule has 0 saturated heterocycles. The van der Waals surface area contributed by atoms with Crippen LogP contribution in [-0.4, -0.2) is 39.7 Å². The number of hydrogen-bond donors (Lipinski definition) is 1. The number of nitrogens with one attached hydrogen (secondary N) is 1. The molecule has 0 unspecified atom stereocenters. The zero-order chi connectivity index (χ0) is 21.8. The highest BCUT2D eigenvalue weighted by atomic mass is 32.2. The van der Waals surface area contributed by atoms with Crippen molar-refractivity contribution in [3.63, 3.8) is 0 Å². The maximum Gasteiger partial charge on any atom is 0.339 e. The molecule has 29 heavy (non-hydrogen) atoms. The van der Waals surface area contributed by atoms with Crippen molar-refractivity contribution in [3.05, 3.63) is 59.2 Å². The van der Waals surface area contributed by atoms with Crippen LogP contribution in [0.4, 0.5) is 11.4 Å². The molecule has 0 heterocycles. The standard InChI is InChI=1S/C21H26N2O5S/c1-6-19(20(24)22-18-10-8-7-9-17(18)21(25)28-4)23(29(5,26)27)16-12-14(2)11-15(3)13-16/h7-13,19H,6H2,1-5H3,(H,22,24)/t19-/m1/s1. The van der Waals surface area contributed by atoms with Gasteiger partial charge in [0, 0.05) is 0 Å². The number of carbonyl (C=O) groups excluding carboxylic acids is 2. The van der Waals surface area contributed by atoms with Gasteiger partial charge in [0.1, 0.15) is 6.04 Å². The number of sulfonamides is 1. The molecule has 0 aliphatic carbocycles. The Bertz CT molecular complexity index is 997. The molecule has 0 spiro atoms. The van der Waals surface area contributed by atoms with Gasteiger partial charge in [0.15, 0.2) is 0 Å². The normalized spacial score (nSPS) is 12.2. The first-order valence-electron chi connectivity index (χ1n) is 9.14. The minimum atomic E-state index is -3.75. The van der Waals surface area contributed by atoms with E-state index in [2.05, 4.69) is 5.32 Å². The highest BCUT2D eigenvalue weighted by molar-refractivity contribution is 7.92. The average Bonchev–Trinajstić information content (AvgIpc) is 2.63. The van der Waals surface area contributed by atoms with Crippen LogP contribution in [0.2, 0.25) is 0 Å². The summed E-state index contributed by atoms with van der Waals surface area (Å²) in [6.07, 6.45) is 1.31. The molecule has 0 aromatic heterocycles. The van der Waals surface area contributed by atoms with Crippen molar-refractivity contribution in [1.29, 1.82) is 0 Å². The van der Waals surface area contributed by atoms with E-state index >= 15 is 0 Å². The van der Waals surface area contributed by atoms with Gasteiger partial charge in [-0.05, 0) is 55.7 Å². The topological polar surface area (TPSA) is 92.8 Å². The quantitative estimate of drug-likeness (QED) is 0.697. The summed E-state index contributed by atoms with van der Waals surface area (Å²) in [4.78, 5) is 25.0. The van der Waals surface area contributed by atoms with Crippen LogP contribution in [0.1, 0.15) is 34.8 Å². The lowest BCUT2D eigenvalue weighted by Crippen LogP contribution is -2.47. The minimum Gasteiger partial charge on any atom is -0.465 e. The molecular weight excluding hydrogens is 392 g/mol. The highest BCUT2D eigenvalue weighted by Gasteiger charge is 2.32. The number of anilines is 2. The van der Waals surface area contributed by atoms with E-state index in [1.165, 1.54) is 13.2 Å². The van der Waals surface area contributed by atoms with Gasteiger partial charge in [0.05, 0.1) is 30.3 Å². The van der Waals surface area contributed by atoms with Crippen molar-refractivity contribution in [3.8, 4) is 0 Å². The Balaban J connectivity index is 2.46. The largest absolute Gasteiger partial charge is 0.465 e. The number of rotatable bonds is 7. The van der Waals surface area contributed by atoms with Crippen LogP contribution in [0.25, 0.3) is 0 Å². The van der Waals surface area contributed by atoms with Crippen molar-refractivity contribution in [2.45, 2.75) is 33.2 Å². The summed E-state index contributed by atoms with van der Waals surface area (Å²) >= 11 is 0. The van der Waals surface area contributed by atoms with Crippen molar-refractivity contribution in [1.82, 2.24) is 0 Å². The molecular formula is C21H26N2O5S. The zero-order valence-corrected chi connectivity index (χ0v) is 18.0. The van der Waals surface area contributed by atoms with Crippen LogP contribution in [0.15, 0.2) is 42.5 Å². The van der Waals surface area contributed by atoms with E-state index in [0.717, 1.165) is 21.7 Å². The number of methoxy groups -OCH3 is 1.